The molecule has 0 aromatic heterocycles. The fourth-order valence-electron chi connectivity index (χ4n) is 1.76. The average molecular weight is 216 g/mol. The molecule has 0 atom stereocenters. The molecule has 0 fully saturated rings. The van der Waals surface area contributed by atoms with Gasteiger partial charge in [0.2, 0.25) is 0 Å². The van der Waals surface area contributed by atoms with E-state index in [0.29, 0.717) is 12.3 Å². The molecule has 0 saturated heterocycles. The number of nitrogens with one attached hydrogen (secondary N) is 1. The molecule has 0 spiro atoms. The molecule has 4 N–H and O–H groups in total. The largest absolute Gasteiger partial charge is 0.507 e. The molecule has 3 heteroatoms. The Morgan fingerprint density at radius 2 is 1.81 bits per heavy atom. The maximum Gasteiger partial charge on any atom is 0.123 e. The number of anilines is 1. The van der Waals surface area contributed by atoms with E-state index in [9.17, 15) is 5.11 Å². The van der Waals surface area contributed by atoms with Gasteiger partial charge in [-0.1, -0.05) is 24.3 Å². The number of hydrogen-bond donors (Lipinski definition) is 3. The van der Waals surface area contributed by atoms with Crippen LogP contribution in [0.15, 0.2) is 36.4 Å². The first kappa shape index (κ1) is 10.8. The van der Waals surface area contributed by atoms with Gasteiger partial charge in [0.25, 0.3) is 0 Å². The second-order valence-corrected chi connectivity index (χ2v) is 3.75. The first-order chi connectivity index (χ1) is 7.83. The van der Waals surface area contributed by atoms with Crippen molar-refractivity contribution in [3.63, 3.8) is 0 Å². The summed E-state index contributed by atoms with van der Waals surface area (Å²) in [6.45, 7) is 1.54. The molecule has 0 unspecified atom stereocenters. The molecule has 0 amide bonds. The number of aromatic hydroxyl groups is 1. The fraction of sp³-hybridized carbons (Fsp3) is 0.231. The first-order valence-electron chi connectivity index (χ1n) is 5.47. The minimum atomic E-state index is 0.319. The third kappa shape index (κ3) is 2.09. The number of phenols is 1. The average Bonchev–Trinajstić information content (AvgIpc) is 2.33. The van der Waals surface area contributed by atoms with Crippen molar-refractivity contribution in [1.29, 1.82) is 0 Å². The molecule has 0 bridgehead atoms. The number of nitrogens with two attached hydrogens (primary N) is 1. The smallest absolute Gasteiger partial charge is 0.123 e. The van der Waals surface area contributed by atoms with Gasteiger partial charge in [0, 0.05) is 23.0 Å². The third-order valence-corrected chi connectivity index (χ3v) is 2.60. The van der Waals surface area contributed by atoms with Gasteiger partial charge in [-0.25, -0.2) is 0 Å². The summed E-state index contributed by atoms with van der Waals surface area (Å²) in [5.74, 6) is 0.319. The molecule has 2 aromatic carbocycles. The lowest BCUT2D eigenvalue weighted by atomic mass is 10.1. The van der Waals surface area contributed by atoms with Crippen LogP contribution in [0.5, 0.6) is 5.75 Å². The lowest BCUT2D eigenvalue weighted by molar-refractivity contribution is 0.481. The van der Waals surface area contributed by atoms with Crippen molar-refractivity contribution in [3.8, 4) is 5.75 Å². The van der Waals surface area contributed by atoms with E-state index in [2.05, 4.69) is 5.32 Å². The van der Waals surface area contributed by atoms with Crippen molar-refractivity contribution in [2.45, 2.75) is 6.42 Å². The second-order valence-electron chi connectivity index (χ2n) is 3.75. The Balaban J connectivity index is 2.35. The van der Waals surface area contributed by atoms with Gasteiger partial charge in [-0.2, -0.15) is 0 Å². The summed E-state index contributed by atoms with van der Waals surface area (Å²) >= 11 is 0. The third-order valence-electron chi connectivity index (χ3n) is 2.60. The Hall–Kier alpha value is -1.74. The lowest BCUT2D eigenvalue weighted by Gasteiger charge is -2.10. The van der Waals surface area contributed by atoms with Gasteiger partial charge in [0.05, 0.1) is 0 Å². The second kappa shape index (κ2) is 4.86. The lowest BCUT2D eigenvalue weighted by Crippen LogP contribution is -2.08. The molecule has 0 heterocycles. The van der Waals surface area contributed by atoms with Gasteiger partial charge in [0.15, 0.2) is 0 Å². The van der Waals surface area contributed by atoms with Crippen LogP contribution in [-0.4, -0.2) is 18.2 Å². The Bertz CT molecular complexity index is 482. The van der Waals surface area contributed by atoms with Crippen molar-refractivity contribution in [3.05, 3.63) is 36.4 Å². The molecule has 2 aromatic rings. The van der Waals surface area contributed by atoms with Gasteiger partial charge in [0.1, 0.15) is 5.75 Å². The Labute approximate surface area is 94.9 Å². The predicted octanol–water partition coefficient (Wildman–Crippen LogP) is 2.31. The quantitative estimate of drug-likeness (QED) is 0.543. The van der Waals surface area contributed by atoms with Crippen LogP contribution in [0.1, 0.15) is 6.42 Å². The molecule has 84 valence electrons. The zero-order valence-electron chi connectivity index (χ0n) is 9.11. The van der Waals surface area contributed by atoms with E-state index in [1.165, 1.54) is 0 Å². The molecule has 0 aliphatic carbocycles. The number of hydrogen-bond acceptors (Lipinski definition) is 3. The number of fused-ring (bicyclic) bond motifs is 1. The fourth-order valence-corrected chi connectivity index (χ4v) is 1.76. The number of benzene rings is 2. The normalized spacial score (nSPS) is 10.6. The minimum Gasteiger partial charge on any atom is -0.507 e. The molecule has 0 aliphatic rings. The summed E-state index contributed by atoms with van der Waals surface area (Å²) in [5.41, 5.74) is 6.49. The minimum absolute atomic E-state index is 0.319. The maximum atomic E-state index is 9.72. The zero-order chi connectivity index (χ0) is 11.4. The monoisotopic (exact) mass is 216 g/mol. The topological polar surface area (TPSA) is 58.3 Å². The Morgan fingerprint density at radius 3 is 2.56 bits per heavy atom. The van der Waals surface area contributed by atoms with E-state index < -0.39 is 0 Å². The highest BCUT2D eigenvalue weighted by Gasteiger charge is 2.03. The van der Waals surface area contributed by atoms with E-state index in [1.54, 1.807) is 6.07 Å². The van der Waals surface area contributed by atoms with Crippen LogP contribution in [0.3, 0.4) is 0 Å². The summed E-state index contributed by atoms with van der Waals surface area (Å²) < 4.78 is 0. The predicted molar refractivity (Wildman–Crippen MR) is 67.8 cm³/mol. The molecule has 0 radical (unpaired) electrons. The van der Waals surface area contributed by atoms with Crippen LogP contribution in [0.4, 0.5) is 5.69 Å². The Kier molecular flexibility index (Phi) is 3.27. The zero-order valence-corrected chi connectivity index (χ0v) is 9.11. The molecular formula is C13H16N2O. The van der Waals surface area contributed by atoms with E-state index >= 15 is 0 Å². The molecule has 16 heavy (non-hydrogen) atoms. The highest BCUT2D eigenvalue weighted by atomic mass is 16.3. The van der Waals surface area contributed by atoms with Crippen LogP contribution in [-0.2, 0) is 0 Å². The summed E-state index contributed by atoms with van der Waals surface area (Å²) in [6.07, 6.45) is 0.940. The van der Waals surface area contributed by atoms with Gasteiger partial charge < -0.3 is 16.2 Å². The SMILES string of the molecule is NCCCNc1ccc(O)c2ccccc12. The number of rotatable bonds is 4. The highest BCUT2D eigenvalue weighted by Crippen LogP contribution is 2.30. The molecule has 3 nitrogen and oxygen atoms in total. The van der Waals surface area contributed by atoms with Crippen molar-refractivity contribution >= 4 is 16.5 Å². The van der Waals surface area contributed by atoms with E-state index in [1.807, 2.05) is 30.3 Å². The van der Waals surface area contributed by atoms with Gasteiger partial charge >= 0.3 is 0 Å². The van der Waals surface area contributed by atoms with Crippen molar-refractivity contribution in [1.82, 2.24) is 0 Å². The van der Waals surface area contributed by atoms with E-state index in [-0.39, 0.29) is 0 Å². The summed E-state index contributed by atoms with van der Waals surface area (Å²) in [5, 5.41) is 15.0. The van der Waals surface area contributed by atoms with Crippen LogP contribution in [0.2, 0.25) is 0 Å². The Morgan fingerprint density at radius 1 is 1.06 bits per heavy atom. The van der Waals surface area contributed by atoms with Crippen molar-refractivity contribution in [2.24, 2.45) is 5.73 Å². The van der Waals surface area contributed by atoms with E-state index in [4.69, 9.17) is 5.73 Å². The van der Waals surface area contributed by atoms with E-state index in [0.717, 1.165) is 29.4 Å². The standard InChI is InChI=1S/C13H16N2O/c14-8-3-9-15-12-6-7-13(16)11-5-2-1-4-10(11)12/h1-2,4-7,15-16H,3,8-9,14H2. The summed E-state index contributed by atoms with van der Waals surface area (Å²) in [7, 11) is 0. The van der Waals surface area contributed by atoms with Gasteiger partial charge in [-0.3, -0.25) is 0 Å². The summed E-state index contributed by atoms with van der Waals surface area (Å²) in [6, 6.07) is 11.4. The van der Waals surface area contributed by atoms with Crippen LogP contribution in [0.25, 0.3) is 10.8 Å². The molecule has 2 rings (SSSR count). The van der Waals surface area contributed by atoms with Crippen molar-refractivity contribution in [2.75, 3.05) is 18.4 Å². The van der Waals surface area contributed by atoms with Gasteiger partial charge in [-0.05, 0) is 25.1 Å². The summed E-state index contributed by atoms with van der Waals surface area (Å²) in [4.78, 5) is 0. The molecule has 0 saturated carbocycles. The molecular weight excluding hydrogens is 200 g/mol. The van der Waals surface area contributed by atoms with Gasteiger partial charge in [-0.15, -0.1) is 0 Å². The number of phenolic OH excluding ortho intramolecular Hbond substituents is 1. The highest BCUT2D eigenvalue weighted by molar-refractivity contribution is 5.97. The first-order valence-corrected chi connectivity index (χ1v) is 5.47. The maximum absolute atomic E-state index is 9.72. The van der Waals surface area contributed by atoms with Crippen molar-refractivity contribution < 1.29 is 5.11 Å². The molecule has 0 aliphatic heterocycles. The van der Waals surface area contributed by atoms with Crippen LogP contribution >= 0.6 is 0 Å². The van der Waals surface area contributed by atoms with Crippen LogP contribution < -0.4 is 11.1 Å². The van der Waals surface area contributed by atoms with Crippen LogP contribution in [0, 0.1) is 0 Å².